The molecule has 2 aromatic heterocycles. The van der Waals surface area contributed by atoms with E-state index in [0.717, 1.165) is 56.9 Å². The van der Waals surface area contributed by atoms with Crippen LogP contribution < -0.4 is 0 Å². The normalized spacial score (nSPS) is 12.4. The molecule has 0 saturated heterocycles. The molecular weight excluding hydrogens is 648 g/mol. The van der Waals surface area contributed by atoms with Gasteiger partial charge in [0.2, 0.25) is 0 Å². The molecule has 6 aromatic carbocycles. The summed E-state index contributed by atoms with van der Waals surface area (Å²) in [5.74, 6) is 0. The molecule has 3 nitrogen and oxygen atoms in total. The fourth-order valence-electron chi connectivity index (χ4n) is 7.45. The van der Waals surface area contributed by atoms with Crippen molar-refractivity contribution in [2.45, 2.75) is 26.2 Å². The van der Waals surface area contributed by atoms with Crippen molar-refractivity contribution >= 4 is 49.3 Å². The number of hydrogen-bond donors (Lipinski definition) is 0. The quantitative estimate of drug-likeness (QED) is 0.131. The highest BCUT2D eigenvalue weighted by Crippen LogP contribution is 2.50. The third kappa shape index (κ3) is 4.59. The van der Waals surface area contributed by atoms with E-state index in [2.05, 4.69) is 4.85 Å². The fourth-order valence-corrected chi connectivity index (χ4v) is 7.45. The van der Waals surface area contributed by atoms with Crippen molar-refractivity contribution in [2.75, 3.05) is 0 Å². The van der Waals surface area contributed by atoms with Crippen molar-refractivity contribution in [3.05, 3.63) is 149 Å². The first-order valence-corrected chi connectivity index (χ1v) is 15.7. The Labute approximate surface area is 282 Å². The summed E-state index contributed by atoms with van der Waals surface area (Å²) in [4.78, 5) is 3.28. The van der Waals surface area contributed by atoms with E-state index in [4.69, 9.17) is 6.57 Å². The molecular formula is C41H25F6N3. The molecule has 50 heavy (non-hydrogen) atoms. The summed E-state index contributed by atoms with van der Waals surface area (Å²) < 4.78 is 93.5. The van der Waals surface area contributed by atoms with Gasteiger partial charge in [-0.3, -0.25) is 0 Å². The zero-order valence-electron chi connectivity index (χ0n) is 26.6. The largest absolute Gasteiger partial charge is 0.417 e. The third-order valence-electron chi connectivity index (χ3n) is 9.45. The Bertz CT molecular complexity index is 2720. The van der Waals surface area contributed by atoms with E-state index in [1.165, 1.54) is 6.07 Å². The van der Waals surface area contributed by atoms with Crippen LogP contribution in [0.25, 0.3) is 71.0 Å². The van der Waals surface area contributed by atoms with Crippen molar-refractivity contribution in [1.82, 2.24) is 9.13 Å². The highest BCUT2D eigenvalue weighted by molar-refractivity contribution is 6.13. The molecule has 0 aliphatic heterocycles. The van der Waals surface area contributed by atoms with Crippen LogP contribution in [0.2, 0.25) is 0 Å². The van der Waals surface area contributed by atoms with E-state index >= 15 is 13.2 Å². The maximum atomic E-state index is 15.4. The van der Waals surface area contributed by atoms with Crippen molar-refractivity contribution in [3.8, 4) is 22.5 Å². The zero-order chi connectivity index (χ0) is 35.1. The number of alkyl halides is 6. The van der Waals surface area contributed by atoms with Gasteiger partial charge in [0.15, 0.2) is 5.69 Å². The van der Waals surface area contributed by atoms with Gasteiger partial charge in [0, 0.05) is 27.1 Å². The maximum absolute atomic E-state index is 15.4. The lowest BCUT2D eigenvalue weighted by atomic mass is 9.91. The number of hydrogen-bond acceptors (Lipinski definition) is 0. The Hall–Kier alpha value is -6.01. The summed E-state index contributed by atoms with van der Waals surface area (Å²) in [7, 11) is 0. The van der Waals surface area contributed by atoms with Crippen LogP contribution >= 0.6 is 0 Å². The Morgan fingerprint density at radius 3 is 1.48 bits per heavy atom. The summed E-state index contributed by atoms with van der Waals surface area (Å²) in [6.45, 7) is 11.6. The van der Waals surface area contributed by atoms with E-state index in [-0.39, 0.29) is 11.4 Å². The van der Waals surface area contributed by atoms with Crippen LogP contribution in [-0.4, -0.2) is 9.13 Å². The molecule has 0 amide bonds. The van der Waals surface area contributed by atoms with Crippen LogP contribution in [-0.2, 0) is 12.4 Å². The summed E-state index contributed by atoms with van der Waals surface area (Å²) in [5.41, 5.74) is 0.115. The number of nitrogens with zero attached hydrogens (tertiary/aromatic N) is 3. The summed E-state index contributed by atoms with van der Waals surface area (Å²) in [6.07, 6.45) is -10.1. The van der Waals surface area contributed by atoms with Crippen LogP contribution in [0, 0.1) is 20.4 Å². The average Bonchev–Trinajstić information content (AvgIpc) is 3.61. The molecule has 0 saturated carbocycles. The minimum absolute atomic E-state index is 0.121. The number of rotatable bonds is 3. The second kappa shape index (κ2) is 11.0. The highest BCUT2D eigenvalue weighted by atomic mass is 19.4. The van der Waals surface area contributed by atoms with Crippen molar-refractivity contribution in [1.29, 1.82) is 0 Å². The molecule has 246 valence electrons. The van der Waals surface area contributed by atoms with Gasteiger partial charge in [-0.1, -0.05) is 78.9 Å². The molecule has 9 heteroatoms. The number of para-hydroxylation sites is 2. The van der Waals surface area contributed by atoms with Crippen LogP contribution in [0.5, 0.6) is 0 Å². The van der Waals surface area contributed by atoms with E-state index in [1.807, 2.05) is 97.3 Å². The molecule has 0 aliphatic carbocycles. The Morgan fingerprint density at radius 1 is 0.520 bits per heavy atom. The number of aryl methyl sites for hydroxylation is 2. The van der Waals surface area contributed by atoms with Gasteiger partial charge in [-0.2, -0.15) is 26.3 Å². The predicted molar refractivity (Wildman–Crippen MR) is 186 cm³/mol. The third-order valence-corrected chi connectivity index (χ3v) is 9.45. The molecule has 0 unspecified atom stereocenters. The SMILES string of the molecule is [C-]#[N+]c1cccc(C(F)(F)F)c1-c1cc(-n2c3ccccc3c3c(C)cccc32)c(-n2c3ccccc3c3c(C)cccc32)cc1C(F)(F)F. The molecule has 0 atom stereocenters. The average molecular weight is 674 g/mol. The second-order valence-electron chi connectivity index (χ2n) is 12.3. The van der Waals surface area contributed by atoms with Gasteiger partial charge >= 0.3 is 12.4 Å². The molecule has 8 rings (SSSR count). The fraction of sp³-hybridized carbons (Fsp3) is 0.0976. The lowest BCUT2D eigenvalue weighted by Crippen LogP contribution is -2.14. The van der Waals surface area contributed by atoms with Gasteiger partial charge in [0.05, 0.1) is 51.1 Å². The van der Waals surface area contributed by atoms with Gasteiger partial charge in [0.25, 0.3) is 0 Å². The zero-order valence-corrected chi connectivity index (χ0v) is 26.6. The van der Waals surface area contributed by atoms with Crippen LogP contribution in [0.4, 0.5) is 32.0 Å². The van der Waals surface area contributed by atoms with E-state index in [0.29, 0.717) is 22.1 Å². The van der Waals surface area contributed by atoms with Crippen molar-refractivity contribution in [2.24, 2.45) is 0 Å². The molecule has 0 spiro atoms. The Kier molecular flexibility index (Phi) is 6.88. The van der Waals surface area contributed by atoms with Gasteiger partial charge in [-0.05, 0) is 66.9 Å². The second-order valence-corrected chi connectivity index (χ2v) is 12.3. The summed E-state index contributed by atoms with van der Waals surface area (Å²) in [5, 5.41) is 3.37. The number of benzene rings is 6. The smallest absolute Gasteiger partial charge is 0.307 e. The standard InChI is InChI=1S/C41H25F6N3/c1-23-11-8-19-33-37(23)25-13-4-6-17-31(25)49(33)35-21-27(39-28(40(42,43)44)15-10-16-30(39)48-3)29(41(45,46)47)22-36(35)50-32-18-7-5-14-26(32)38-24(2)12-9-20-34(38)50/h4-22H,1-2H3. The molecule has 8 aromatic rings. The molecule has 2 heterocycles. The Morgan fingerprint density at radius 2 is 0.980 bits per heavy atom. The summed E-state index contributed by atoms with van der Waals surface area (Å²) >= 11 is 0. The first kappa shape index (κ1) is 31.3. The number of fused-ring (bicyclic) bond motifs is 6. The molecule has 0 N–H and O–H groups in total. The topological polar surface area (TPSA) is 14.2 Å². The number of halogens is 6. The molecule has 0 radical (unpaired) electrons. The molecule has 0 fully saturated rings. The van der Waals surface area contributed by atoms with E-state index in [9.17, 15) is 13.2 Å². The predicted octanol–water partition coefficient (Wildman–Crippen LogP) is 12.8. The lowest BCUT2D eigenvalue weighted by Gasteiger charge is -2.24. The van der Waals surface area contributed by atoms with Crippen molar-refractivity contribution < 1.29 is 26.3 Å². The van der Waals surface area contributed by atoms with Crippen LogP contribution in [0.1, 0.15) is 22.3 Å². The first-order valence-electron chi connectivity index (χ1n) is 15.7. The van der Waals surface area contributed by atoms with Gasteiger partial charge in [0.1, 0.15) is 0 Å². The van der Waals surface area contributed by atoms with Crippen LogP contribution in [0.3, 0.4) is 0 Å². The lowest BCUT2D eigenvalue weighted by molar-refractivity contribution is -0.139. The molecule has 0 bridgehead atoms. The van der Waals surface area contributed by atoms with Gasteiger partial charge < -0.3 is 9.13 Å². The first-order chi connectivity index (χ1) is 23.9. The highest BCUT2D eigenvalue weighted by Gasteiger charge is 2.40. The van der Waals surface area contributed by atoms with E-state index in [1.54, 1.807) is 10.6 Å². The van der Waals surface area contributed by atoms with Crippen molar-refractivity contribution in [3.63, 3.8) is 0 Å². The van der Waals surface area contributed by atoms with Crippen LogP contribution in [0.15, 0.2) is 115 Å². The number of aromatic nitrogens is 2. The minimum atomic E-state index is -5.09. The Balaban J connectivity index is 1.65. The minimum Gasteiger partial charge on any atom is -0.307 e. The van der Waals surface area contributed by atoms with Gasteiger partial charge in [-0.25, -0.2) is 4.85 Å². The molecule has 0 aliphatic rings. The summed E-state index contributed by atoms with van der Waals surface area (Å²) in [6, 6.07) is 31.1. The van der Waals surface area contributed by atoms with Gasteiger partial charge in [-0.15, -0.1) is 0 Å². The monoisotopic (exact) mass is 673 g/mol. The van der Waals surface area contributed by atoms with E-state index < -0.39 is 40.3 Å². The maximum Gasteiger partial charge on any atom is 0.417 e.